The van der Waals surface area contributed by atoms with Gasteiger partial charge in [-0.05, 0) is 38.1 Å². The van der Waals surface area contributed by atoms with Gasteiger partial charge >= 0.3 is 0 Å². The summed E-state index contributed by atoms with van der Waals surface area (Å²) in [7, 11) is -1.58. The minimum absolute atomic E-state index is 0.197. The number of benzene rings is 1. The van der Waals surface area contributed by atoms with Crippen LogP contribution in [0.3, 0.4) is 0 Å². The van der Waals surface area contributed by atoms with Crippen molar-refractivity contribution >= 4 is 33.3 Å². The van der Waals surface area contributed by atoms with Gasteiger partial charge in [0.25, 0.3) is 0 Å². The first-order valence-corrected chi connectivity index (χ1v) is 8.56. The minimum atomic E-state index is -1.58. The van der Waals surface area contributed by atoms with Gasteiger partial charge in [-0.1, -0.05) is 11.6 Å². The molecule has 0 radical (unpaired) electrons. The van der Waals surface area contributed by atoms with Gasteiger partial charge in [0.2, 0.25) is 11.0 Å². The Labute approximate surface area is 141 Å². The molecule has 1 atom stereocenters. The first-order chi connectivity index (χ1) is 11.1. The van der Waals surface area contributed by atoms with Crippen LogP contribution >= 0.6 is 11.6 Å². The molecule has 2 aromatic heterocycles. The van der Waals surface area contributed by atoms with Crippen LogP contribution in [0.15, 0.2) is 46.6 Å². The summed E-state index contributed by atoms with van der Waals surface area (Å²) in [5, 5.41) is 1.51. The van der Waals surface area contributed by atoms with Crippen molar-refractivity contribution in [2.24, 2.45) is 0 Å². The van der Waals surface area contributed by atoms with E-state index in [9.17, 15) is 4.21 Å². The molecule has 7 heteroatoms. The summed E-state index contributed by atoms with van der Waals surface area (Å²) in [4.78, 5) is 13.3. The van der Waals surface area contributed by atoms with Crippen LogP contribution in [0, 0.1) is 6.92 Å². The van der Waals surface area contributed by atoms with Crippen LogP contribution in [0.4, 0.5) is 0 Å². The molecule has 0 amide bonds. The summed E-state index contributed by atoms with van der Waals surface area (Å²) < 4.78 is 18.3. The summed E-state index contributed by atoms with van der Waals surface area (Å²) in [5.74, 6) is 0.412. The normalized spacial score (nSPS) is 12.3. The van der Waals surface area contributed by atoms with Crippen molar-refractivity contribution in [1.82, 2.24) is 15.0 Å². The molecule has 0 aliphatic heterocycles. The Bertz CT molecular complexity index is 902. The lowest BCUT2D eigenvalue weighted by atomic mass is 10.2. The molecule has 0 spiro atoms. The molecule has 0 N–H and O–H groups in total. The van der Waals surface area contributed by atoms with Crippen molar-refractivity contribution in [1.29, 1.82) is 0 Å². The Morgan fingerprint density at radius 1 is 1.26 bits per heavy atom. The molecule has 0 saturated heterocycles. The quantitative estimate of drug-likeness (QED) is 0.675. The van der Waals surface area contributed by atoms with E-state index in [0.29, 0.717) is 33.6 Å². The Morgan fingerprint density at radius 3 is 2.87 bits per heavy atom. The summed E-state index contributed by atoms with van der Waals surface area (Å²) in [6.45, 7) is 4.15. The number of halogens is 1. The van der Waals surface area contributed by atoms with Crippen molar-refractivity contribution in [3.63, 3.8) is 0 Å². The molecular formula is C16H14ClN3O2S. The van der Waals surface area contributed by atoms with E-state index in [1.165, 1.54) is 0 Å². The van der Waals surface area contributed by atoms with Crippen molar-refractivity contribution < 1.29 is 8.95 Å². The standard InChI is InChI=1S/C16H14ClN3O2S/c1-3-22-14-9-10(2)19-16(20-14)23(21)13-7-6-12(17)11-5-4-8-18-15(11)13/h4-9H,3H2,1-2H3. The molecule has 3 rings (SSSR count). The predicted molar refractivity (Wildman–Crippen MR) is 89.4 cm³/mol. The Balaban J connectivity index is 2.13. The zero-order chi connectivity index (χ0) is 16.4. The second-order valence-corrected chi connectivity index (χ2v) is 6.53. The van der Waals surface area contributed by atoms with Crippen LogP contribution < -0.4 is 4.74 Å². The fourth-order valence-electron chi connectivity index (χ4n) is 2.18. The highest BCUT2D eigenvalue weighted by Crippen LogP contribution is 2.28. The topological polar surface area (TPSA) is 65.0 Å². The highest BCUT2D eigenvalue weighted by molar-refractivity contribution is 7.85. The highest BCUT2D eigenvalue weighted by Gasteiger charge is 2.17. The van der Waals surface area contributed by atoms with Gasteiger partial charge in [0.15, 0.2) is 0 Å². The summed E-state index contributed by atoms with van der Waals surface area (Å²) >= 11 is 6.18. The van der Waals surface area contributed by atoms with E-state index in [1.54, 1.807) is 30.5 Å². The van der Waals surface area contributed by atoms with Crippen molar-refractivity contribution in [2.45, 2.75) is 23.9 Å². The maximum Gasteiger partial charge on any atom is 0.227 e. The molecule has 5 nitrogen and oxygen atoms in total. The number of rotatable bonds is 4. The molecule has 1 unspecified atom stereocenters. The lowest BCUT2D eigenvalue weighted by Gasteiger charge is -2.08. The highest BCUT2D eigenvalue weighted by atomic mass is 35.5. The van der Waals surface area contributed by atoms with Gasteiger partial charge in [-0.3, -0.25) is 4.98 Å². The molecular weight excluding hydrogens is 334 g/mol. The number of fused-ring (bicyclic) bond motifs is 1. The molecule has 0 fully saturated rings. The molecule has 0 aliphatic carbocycles. The van der Waals surface area contributed by atoms with Crippen molar-refractivity contribution in [2.75, 3.05) is 6.61 Å². The van der Waals surface area contributed by atoms with E-state index in [-0.39, 0.29) is 5.16 Å². The average Bonchev–Trinajstić information content (AvgIpc) is 2.55. The third-order valence-corrected chi connectivity index (χ3v) is 4.72. The summed E-state index contributed by atoms with van der Waals surface area (Å²) in [5.41, 5.74) is 1.28. The first-order valence-electron chi connectivity index (χ1n) is 7.03. The molecule has 118 valence electrons. The van der Waals surface area contributed by atoms with Gasteiger partial charge in [-0.15, -0.1) is 0 Å². The molecule has 1 aromatic carbocycles. The van der Waals surface area contributed by atoms with E-state index < -0.39 is 10.8 Å². The Morgan fingerprint density at radius 2 is 2.09 bits per heavy atom. The van der Waals surface area contributed by atoms with E-state index >= 15 is 0 Å². The predicted octanol–water partition coefficient (Wildman–Crippen LogP) is 3.55. The molecule has 0 saturated carbocycles. The minimum Gasteiger partial charge on any atom is -0.478 e. The first kappa shape index (κ1) is 15.8. The number of nitrogens with zero attached hydrogens (tertiary/aromatic N) is 3. The van der Waals surface area contributed by atoms with E-state index in [4.69, 9.17) is 16.3 Å². The number of hydrogen-bond donors (Lipinski definition) is 0. The van der Waals surface area contributed by atoms with Crippen molar-refractivity contribution in [3.05, 3.63) is 47.2 Å². The van der Waals surface area contributed by atoms with Crippen LogP contribution in [-0.4, -0.2) is 25.8 Å². The lowest BCUT2D eigenvalue weighted by molar-refractivity contribution is 0.322. The van der Waals surface area contributed by atoms with Gasteiger partial charge in [-0.25, -0.2) is 9.19 Å². The largest absolute Gasteiger partial charge is 0.478 e. The number of ether oxygens (including phenoxy) is 1. The van der Waals surface area contributed by atoms with E-state index in [2.05, 4.69) is 15.0 Å². The van der Waals surface area contributed by atoms with Gasteiger partial charge in [-0.2, -0.15) is 4.98 Å². The number of hydrogen-bond acceptors (Lipinski definition) is 5. The summed E-state index contributed by atoms with van der Waals surface area (Å²) in [6.07, 6.45) is 1.64. The molecule has 0 aliphatic rings. The van der Waals surface area contributed by atoms with Crippen molar-refractivity contribution in [3.8, 4) is 5.88 Å². The van der Waals surface area contributed by atoms with Crippen LogP contribution in [0.2, 0.25) is 5.02 Å². The van der Waals surface area contributed by atoms with Gasteiger partial charge in [0.1, 0.15) is 10.8 Å². The Hall–Kier alpha value is -2.05. The smallest absolute Gasteiger partial charge is 0.227 e. The van der Waals surface area contributed by atoms with Gasteiger partial charge in [0, 0.05) is 23.3 Å². The van der Waals surface area contributed by atoms with Crippen LogP contribution in [0.25, 0.3) is 10.9 Å². The third-order valence-electron chi connectivity index (χ3n) is 3.15. The van der Waals surface area contributed by atoms with Gasteiger partial charge in [0.05, 0.1) is 22.0 Å². The van der Waals surface area contributed by atoms with Gasteiger partial charge < -0.3 is 4.74 Å². The number of pyridine rings is 1. The van der Waals surface area contributed by atoms with E-state index in [1.807, 2.05) is 19.9 Å². The SMILES string of the molecule is CCOc1cc(C)nc(S(=O)c2ccc(Cl)c3cccnc23)n1. The van der Waals surface area contributed by atoms with Crippen LogP contribution in [-0.2, 0) is 10.8 Å². The lowest BCUT2D eigenvalue weighted by Crippen LogP contribution is -2.05. The number of aromatic nitrogens is 3. The average molecular weight is 348 g/mol. The molecule has 2 heterocycles. The molecule has 0 bridgehead atoms. The zero-order valence-corrected chi connectivity index (χ0v) is 14.2. The second kappa shape index (κ2) is 6.60. The van der Waals surface area contributed by atoms with Crippen LogP contribution in [0.5, 0.6) is 5.88 Å². The maximum atomic E-state index is 12.9. The zero-order valence-electron chi connectivity index (χ0n) is 12.6. The maximum absolute atomic E-state index is 12.9. The monoisotopic (exact) mass is 347 g/mol. The summed E-state index contributed by atoms with van der Waals surface area (Å²) in [6, 6.07) is 8.74. The third kappa shape index (κ3) is 3.18. The molecule has 23 heavy (non-hydrogen) atoms. The van der Waals surface area contributed by atoms with Crippen LogP contribution in [0.1, 0.15) is 12.6 Å². The molecule has 3 aromatic rings. The number of aryl methyl sites for hydroxylation is 1. The van der Waals surface area contributed by atoms with E-state index in [0.717, 1.165) is 5.39 Å². The second-order valence-electron chi connectivity index (χ2n) is 4.78. The Kier molecular flexibility index (Phi) is 4.54. The fourth-order valence-corrected chi connectivity index (χ4v) is 3.52. The fraction of sp³-hybridized carbons (Fsp3) is 0.188.